The van der Waals surface area contributed by atoms with Gasteiger partial charge in [0.25, 0.3) is 5.91 Å². The summed E-state index contributed by atoms with van der Waals surface area (Å²) in [5.41, 5.74) is 2.08. The summed E-state index contributed by atoms with van der Waals surface area (Å²) in [5.74, 6) is 0.0609. The van der Waals surface area contributed by atoms with E-state index in [1.807, 2.05) is 30.3 Å². The van der Waals surface area contributed by atoms with Gasteiger partial charge in [-0.2, -0.15) is 18.3 Å². The highest BCUT2D eigenvalue weighted by Crippen LogP contribution is 2.35. The molecule has 0 saturated carbocycles. The molecule has 0 aliphatic carbocycles. The third-order valence-corrected chi connectivity index (χ3v) is 5.32. The molecule has 0 bridgehead atoms. The Labute approximate surface area is 183 Å². The van der Waals surface area contributed by atoms with E-state index in [9.17, 15) is 18.0 Å². The van der Waals surface area contributed by atoms with Gasteiger partial charge < -0.3 is 9.88 Å². The third-order valence-electron chi connectivity index (χ3n) is 5.32. The van der Waals surface area contributed by atoms with Crippen molar-refractivity contribution in [3.63, 3.8) is 0 Å². The van der Waals surface area contributed by atoms with Crippen LogP contribution in [-0.2, 0) is 13.2 Å². The number of nitrogens with zero attached hydrogens (tertiary/aromatic N) is 3. The van der Waals surface area contributed by atoms with Crippen LogP contribution in [0.2, 0.25) is 0 Å². The predicted octanol–water partition coefficient (Wildman–Crippen LogP) is 5.77. The molecule has 0 fully saturated rings. The maximum atomic E-state index is 13.5. The predicted molar refractivity (Wildman–Crippen MR) is 117 cm³/mol. The van der Waals surface area contributed by atoms with Crippen LogP contribution in [0.3, 0.4) is 0 Å². The summed E-state index contributed by atoms with van der Waals surface area (Å²) in [5, 5.41) is 7.25. The highest BCUT2D eigenvalue weighted by atomic mass is 19.4. The molecule has 8 heteroatoms. The second-order valence-corrected chi connectivity index (χ2v) is 7.49. The van der Waals surface area contributed by atoms with Crippen molar-refractivity contribution in [3.05, 3.63) is 89.2 Å². The van der Waals surface area contributed by atoms with Crippen LogP contribution in [0.25, 0.3) is 16.9 Å². The number of alkyl halides is 3. The van der Waals surface area contributed by atoms with Crippen LogP contribution in [0.15, 0.2) is 66.7 Å². The molecule has 5 nitrogen and oxygen atoms in total. The molecule has 164 valence electrons. The van der Waals surface area contributed by atoms with Crippen molar-refractivity contribution < 1.29 is 18.0 Å². The molecule has 2 heterocycles. The van der Waals surface area contributed by atoms with Crippen LogP contribution >= 0.6 is 0 Å². The molecule has 0 unspecified atom stereocenters. The molecule has 0 aliphatic heterocycles. The number of benzene rings is 2. The van der Waals surface area contributed by atoms with Crippen LogP contribution in [0.4, 0.5) is 19.0 Å². The van der Waals surface area contributed by atoms with Gasteiger partial charge in [0.05, 0.1) is 22.5 Å². The number of nitrogens with one attached hydrogen (secondary N) is 1. The quantitative estimate of drug-likeness (QED) is 0.440. The highest BCUT2D eigenvalue weighted by molar-refractivity contribution is 6.05. The number of para-hydroxylation sites is 1. The highest BCUT2D eigenvalue weighted by Gasteiger charge is 2.34. The van der Waals surface area contributed by atoms with E-state index in [0.29, 0.717) is 28.5 Å². The number of rotatable bonds is 4. The van der Waals surface area contributed by atoms with Crippen molar-refractivity contribution in [2.75, 3.05) is 5.32 Å². The number of carbonyl (C=O) groups excluding carboxylic acids is 1. The first-order valence-corrected chi connectivity index (χ1v) is 9.93. The van der Waals surface area contributed by atoms with Crippen molar-refractivity contribution in [1.82, 2.24) is 14.3 Å². The normalized spacial score (nSPS) is 11.6. The van der Waals surface area contributed by atoms with Gasteiger partial charge in [-0.05, 0) is 32.0 Å². The monoisotopic (exact) mass is 438 g/mol. The molecule has 2 aromatic heterocycles. The number of aryl methyl sites for hydroxylation is 2. The maximum Gasteiger partial charge on any atom is 0.418 e. The summed E-state index contributed by atoms with van der Waals surface area (Å²) in [4.78, 5) is 13.0. The molecule has 0 radical (unpaired) electrons. The number of aromatic nitrogens is 3. The minimum Gasteiger partial charge on any atom is -0.317 e. The lowest BCUT2D eigenvalue weighted by atomic mass is 10.1. The number of hydrogen-bond donors (Lipinski definition) is 1. The number of halogens is 3. The Morgan fingerprint density at radius 1 is 0.969 bits per heavy atom. The molecule has 1 amide bonds. The molecule has 0 saturated heterocycles. The SMILES string of the molecule is Cc1cc(C(=O)Nc2cc(-c3ccccc3)nn2C)c(C)n1-c1ccccc1C(F)(F)F. The molecule has 0 aliphatic rings. The Kier molecular flexibility index (Phi) is 5.38. The van der Waals surface area contributed by atoms with Gasteiger partial charge in [0.1, 0.15) is 5.82 Å². The van der Waals surface area contributed by atoms with Gasteiger partial charge in [0.2, 0.25) is 0 Å². The van der Waals surface area contributed by atoms with E-state index in [2.05, 4.69) is 10.4 Å². The van der Waals surface area contributed by atoms with Gasteiger partial charge in [-0.15, -0.1) is 0 Å². The van der Waals surface area contributed by atoms with Gasteiger partial charge in [0, 0.05) is 30.1 Å². The largest absolute Gasteiger partial charge is 0.418 e. The molecular weight excluding hydrogens is 417 g/mol. The second kappa shape index (κ2) is 8.03. The van der Waals surface area contributed by atoms with E-state index in [-0.39, 0.29) is 5.69 Å². The summed E-state index contributed by atoms with van der Waals surface area (Å²) >= 11 is 0. The molecule has 4 aromatic rings. The Hall–Kier alpha value is -3.81. The van der Waals surface area contributed by atoms with Gasteiger partial charge in [-0.25, -0.2) is 0 Å². The third kappa shape index (κ3) is 3.91. The molecule has 4 rings (SSSR count). The molecule has 2 aromatic carbocycles. The Balaban J connectivity index is 1.68. The number of carbonyl (C=O) groups is 1. The standard InChI is InChI=1S/C24H21F3N4O/c1-15-13-18(16(2)31(15)21-12-8-7-11-19(21)24(25,26)27)23(32)28-22-14-20(29-30(22)3)17-9-5-4-6-10-17/h4-14H,1-3H3,(H,28,32). The van der Waals surface area contributed by atoms with Gasteiger partial charge in [-0.1, -0.05) is 42.5 Å². The van der Waals surface area contributed by atoms with Crippen molar-refractivity contribution in [2.24, 2.45) is 7.05 Å². The summed E-state index contributed by atoms with van der Waals surface area (Å²) < 4.78 is 43.6. The first-order chi connectivity index (χ1) is 15.2. The Bertz CT molecular complexity index is 1290. The van der Waals surface area contributed by atoms with Crippen LogP contribution in [0.5, 0.6) is 0 Å². The van der Waals surface area contributed by atoms with E-state index in [1.54, 1.807) is 43.8 Å². The molecule has 1 N–H and O–H groups in total. The number of hydrogen-bond acceptors (Lipinski definition) is 2. The number of anilines is 1. The summed E-state index contributed by atoms with van der Waals surface area (Å²) in [6.07, 6.45) is -4.51. The zero-order valence-corrected chi connectivity index (χ0v) is 17.7. The lowest BCUT2D eigenvalue weighted by molar-refractivity contribution is -0.137. The average Bonchev–Trinajstić information content (AvgIpc) is 3.27. The van der Waals surface area contributed by atoms with Crippen LogP contribution in [-0.4, -0.2) is 20.3 Å². The van der Waals surface area contributed by atoms with Crippen LogP contribution in [0.1, 0.15) is 27.3 Å². The van der Waals surface area contributed by atoms with Crippen LogP contribution in [0, 0.1) is 13.8 Å². The van der Waals surface area contributed by atoms with E-state index < -0.39 is 17.6 Å². The van der Waals surface area contributed by atoms with Gasteiger partial charge in [0.15, 0.2) is 0 Å². The topological polar surface area (TPSA) is 51.9 Å². The van der Waals surface area contributed by atoms with E-state index in [4.69, 9.17) is 0 Å². The fraction of sp³-hybridized carbons (Fsp3) is 0.167. The lowest BCUT2D eigenvalue weighted by Gasteiger charge is -2.16. The fourth-order valence-electron chi connectivity index (χ4n) is 3.79. The van der Waals surface area contributed by atoms with Crippen molar-refractivity contribution in [2.45, 2.75) is 20.0 Å². The lowest BCUT2D eigenvalue weighted by Crippen LogP contribution is -2.16. The minimum absolute atomic E-state index is 0.0130. The first kappa shape index (κ1) is 21.4. The fourth-order valence-corrected chi connectivity index (χ4v) is 3.79. The zero-order valence-electron chi connectivity index (χ0n) is 17.7. The molecular formula is C24H21F3N4O. The maximum absolute atomic E-state index is 13.5. The molecule has 0 spiro atoms. The summed E-state index contributed by atoms with van der Waals surface area (Å²) in [6.45, 7) is 3.31. The van der Waals surface area contributed by atoms with Crippen molar-refractivity contribution in [3.8, 4) is 16.9 Å². The number of amides is 1. The first-order valence-electron chi connectivity index (χ1n) is 9.93. The van der Waals surface area contributed by atoms with Crippen molar-refractivity contribution >= 4 is 11.7 Å². The zero-order chi connectivity index (χ0) is 23.0. The molecule has 32 heavy (non-hydrogen) atoms. The smallest absolute Gasteiger partial charge is 0.317 e. The summed E-state index contributed by atoms with van der Waals surface area (Å²) in [7, 11) is 1.71. The minimum atomic E-state index is -4.51. The Morgan fingerprint density at radius 2 is 1.62 bits per heavy atom. The van der Waals surface area contributed by atoms with E-state index in [0.717, 1.165) is 11.6 Å². The average molecular weight is 438 g/mol. The van der Waals surface area contributed by atoms with Crippen LogP contribution < -0.4 is 5.32 Å². The van der Waals surface area contributed by atoms with E-state index in [1.165, 1.54) is 16.7 Å². The van der Waals surface area contributed by atoms with Crippen molar-refractivity contribution in [1.29, 1.82) is 0 Å². The second-order valence-electron chi connectivity index (χ2n) is 7.49. The van der Waals surface area contributed by atoms with Gasteiger partial charge >= 0.3 is 6.18 Å². The Morgan fingerprint density at radius 3 is 2.31 bits per heavy atom. The summed E-state index contributed by atoms with van der Waals surface area (Å²) in [6, 6.07) is 18.2. The van der Waals surface area contributed by atoms with E-state index >= 15 is 0 Å². The van der Waals surface area contributed by atoms with Gasteiger partial charge in [-0.3, -0.25) is 9.48 Å². The molecule has 0 atom stereocenters.